The molecule has 0 unspecified atom stereocenters. The highest BCUT2D eigenvalue weighted by Crippen LogP contribution is 2.30. The average Bonchev–Trinajstić information content (AvgIpc) is 2.23. The quantitative estimate of drug-likeness (QED) is 0.601. The highest BCUT2D eigenvalue weighted by atomic mass is 35.5. The van der Waals surface area contributed by atoms with Crippen molar-refractivity contribution < 1.29 is 9.53 Å². The summed E-state index contributed by atoms with van der Waals surface area (Å²) in [5.74, 6) is 0.451. The van der Waals surface area contributed by atoms with Crippen molar-refractivity contribution in [3.05, 3.63) is 28.2 Å². The van der Waals surface area contributed by atoms with E-state index < -0.39 is 0 Å². The standard InChI is InChI=1S/C11H12Cl2O2S/c1-2-15-11(14)5-6-16-10-7-8(12)3-4-9(10)13/h3-4,7H,2,5-6H2,1H3. The first-order chi connectivity index (χ1) is 7.63. The van der Waals surface area contributed by atoms with Crippen LogP contribution in [0.1, 0.15) is 13.3 Å². The molecule has 0 heterocycles. The minimum atomic E-state index is -0.187. The molecule has 0 amide bonds. The zero-order valence-corrected chi connectivity index (χ0v) is 11.2. The number of rotatable bonds is 5. The van der Waals surface area contributed by atoms with Gasteiger partial charge in [-0.1, -0.05) is 23.2 Å². The predicted molar refractivity (Wildman–Crippen MR) is 68.4 cm³/mol. The van der Waals surface area contributed by atoms with Gasteiger partial charge < -0.3 is 4.74 Å². The molecule has 0 fully saturated rings. The van der Waals surface area contributed by atoms with E-state index >= 15 is 0 Å². The number of carbonyl (C=O) groups excluding carboxylic acids is 1. The van der Waals surface area contributed by atoms with E-state index in [9.17, 15) is 4.79 Å². The van der Waals surface area contributed by atoms with Crippen LogP contribution < -0.4 is 0 Å². The zero-order valence-electron chi connectivity index (χ0n) is 8.83. The van der Waals surface area contributed by atoms with Crippen molar-refractivity contribution >= 4 is 40.9 Å². The molecule has 1 rings (SSSR count). The van der Waals surface area contributed by atoms with Gasteiger partial charge in [0.05, 0.1) is 18.1 Å². The summed E-state index contributed by atoms with van der Waals surface area (Å²) in [7, 11) is 0. The Kier molecular flexibility index (Phi) is 6.03. The number of ether oxygens (including phenoxy) is 1. The second kappa shape index (κ2) is 7.05. The number of hydrogen-bond acceptors (Lipinski definition) is 3. The number of carbonyl (C=O) groups is 1. The summed E-state index contributed by atoms with van der Waals surface area (Å²) in [5.41, 5.74) is 0. The van der Waals surface area contributed by atoms with Gasteiger partial charge in [0.2, 0.25) is 0 Å². The fourth-order valence-electron chi connectivity index (χ4n) is 1.07. The Balaban J connectivity index is 2.42. The Bertz CT molecular complexity index is 369. The van der Waals surface area contributed by atoms with E-state index in [0.29, 0.717) is 28.8 Å². The van der Waals surface area contributed by atoms with Crippen LogP contribution in [0.15, 0.2) is 23.1 Å². The smallest absolute Gasteiger partial charge is 0.306 e. The van der Waals surface area contributed by atoms with Crippen molar-refractivity contribution in [2.24, 2.45) is 0 Å². The molecule has 0 bridgehead atoms. The lowest BCUT2D eigenvalue weighted by Crippen LogP contribution is -2.04. The van der Waals surface area contributed by atoms with Crippen molar-refractivity contribution in [2.45, 2.75) is 18.2 Å². The minimum absolute atomic E-state index is 0.187. The molecule has 0 aromatic heterocycles. The summed E-state index contributed by atoms with van der Waals surface area (Å²) < 4.78 is 4.82. The van der Waals surface area contributed by atoms with E-state index in [1.165, 1.54) is 11.8 Å². The third kappa shape index (κ3) is 4.64. The molecule has 0 aliphatic carbocycles. The van der Waals surface area contributed by atoms with Crippen LogP contribution >= 0.6 is 35.0 Å². The first-order valence-electron chi connectivity index (χ1n) is 4.87. The predicted octanol–water partition coefficient (Wildman–Crippen LogP) is 4.04. The molecule has 88 valence electrons. The summed E-state index contributed by atoms with van der Waals surface area (Å²) in [6.45, 7) is 2.21. The third-order valence-electron chi connectivity index (χ3n) is 1.76. The molecule has 2 nitrogen and oxygen atoms in total. The lowest BCUT2D eigenvalue weighted by atomic mass is 10.4. The Morgan fingerprint density at radius 3 is 2.88 bits per heavy atom. The molecule has 0 saturated carbocycles. The Hall–Kier alpha value is -0.380. The Morgan fingerprint density at radius 1 is 1.44 bits per heavy atom. The van der Waals surface area contributed by atoms with Gasteiger partial charge in [-0.25, -0.2) is 0 Å². The lowest BCUT2D eigenvalue weighted by Gasteiger charge is -2.04. The molecular formula is C11H12Cl2O2S. The number of esters is 1. The summed E-state index contributed by atoms with van der Waals surface area (Å²) in [5, 5.41) is 1.29. The van der Waals surface area contributed by atoms with Gasteiger partial charge in [0.25, 0.3) is 0 Å². The highest BCUT2D eigenvalue weighted by molar-refractivity contribution is 7.99. The number of benzene rings is 1. The molecule has 0 N–H and O–H groups in total. The SMILES string of the molecule is CCOC(=O)CCSc1cc(Cl)ccc1Cl. The van der Waals surface area contributed by atoms with Gasteiger partial charge in [0.1, 0.15) is 0 Å². The van der Waals surface area contributed by atoms with Gasteiger partial charge >= 0.3 is 5.97 Å². The summed E-state index contributed by atoms with van der Waals surface area (Å²) in [6, 6.07) is 5.27. The Labute approximate surface area is 109 Å². The molecule has 0 saturated heterocycles. The molecule has 0 spiro atoms. The monoisotopic (exact) mass is 278 g/mol. The molecule has 1 aromatic carbocycles. The molecular weight excluding hydrogens is 267 g/mol. The highest BCUT2D eigenvalue weighted by Gasteiger charge is 2.05. The molecule has 0 atom stereocenters. The normalized spacial score (nSPS) is 10.2. The molecule has 1 aromatic rings. The van der Waals surface area contributed by atoms with E-state index in [1.54, 1.807) is 25.1 Å². The molecule has 0 aliphatic heterocycles. The molecule has 16 heavy (non-hydrogen) atoms. The first-order valence-corrected chi connectivity index (χ1v) is 6.61. The maximum Gasteiger partial charge on any atom is 0.306 e. The van der Waals surface area contributed by atoms with Crippen molar-refractivity contribution in [1.29, 1.82) is 0 Å². The first kappa shape index (κ1) is 13.7. The number of thioether (sulfide) groups is 1. The van der Waals surface area contributed by atoms with Crippen LogP contribution in [0.5, 0.6) is 0 Å². The maximum atomic E-state index is 11.1. The topological polar surface area (TPSA) is 26.3 Å². The molecule has 0 aliphatic rings. The second-order valence-electron chi connectivity index (χ2n) is 2.98. The van der Waals surface area contributed by atoms with Gasteiger partial charge in [0, 0.05) is 15.7 Å². The van der Waals surface area contributed by atoms with E-state index in [0.717, 1.165) is 4.90 Å². The van der Waals surface area contributed by atoms with E-state index in [1.807, 2.05) is 0 Å². The minimum Gasteiger partial charge on any atom is -0.466 e. The third-order valence-corrected chi connectivity index (χ3v) is 3.50. The maximum absolute atomic E-state index is 11.1. The molecule has 5 heteroatoms. The fourth-order valence-corrected chi connectivity index (χ4v) is 2.49. The average molecular weight is 279 g/mol. The molecule has 0 radical (unpaired) electrons. The zero-order chi connectivity index (χ0) is 12.0. The van der Waals surface area contributed by atoms with Gasteiger partial charge in [-0.05, 0) is 25.1 Å². The van der Waals surface area contributed by atoms with Gasteiger partial charge in [0.15, 0.2) is 0 Å². The van der Waals surface area contributed by atoms with E-state index in [4.69, 9.17) is 27.9 Å². The Morgan fingerprint density at radius 2 is 2.19 bits per heavy atom. The summed E-state index contributed by atoms with van der Waals surface area (Å²) >= 11 is 13.3. The van der Waals surface area contributed by atoms with Crippen LogP contribution in [-0.2, 0) is 9.53 Å². The fraction of sp³-hybridized carbons (Fsp3) is 0.364. The van der Waals surface area contributed by atoms with Crippen LogP contribution in [0, 0.1) is 0 Å². The van der Waals surface area contributed by atoms with Crippen LogP contribution in [0.25, 0.3) is 0 Å². The van der Waals surface area contributed by atoms with Crippen LogP contribution in [0.3, 0.4) is 0 Å². The van der Waals surface area contributed by atoms with Gasteiger partial charge in [-0.3, -0.25) is 4.79 Å². The van der Waals surface area contributed by atoms with Crippen LogP contribution in [-0.4, -0.2) is 18.3 Å². The summed E-state index contributed by atoms with van der Waals surface area (Å²) in [4.78, 5) is 12.0. The van der Waals surface area contributed by atoms with E-state index in [2.05, 4.69) is 0 Å². The number of hydrogen-bond donors (Lipinski definition) is 0. The van der Waals surface area contributed by atoms with Crippen molar-refractivity contribution in [1.82, 2.24) is 0 Å². The lowest BCUT2D eigenvalue weighted by molar-refractivity contribution is -0.142. The van der Waals surface area contributed by atoms with E-state index in [-0.39, 0.29) is 5.97 Å². The van der Waals surface area contributed by atoms with Crippen molar-refractivity contribution in [3.63, 3.8) is 0 Å². The van der Waals surface area contributed by atoms with Crippen molar-refractivity contribution in [3.8, 4) is 0 Å². The largest absolute Gasteiger partial charge is 0.466 e. The van der Waals surface area contributed by atoms with Gasteiger partial charge in [-0.15, -0.1) is 11.8 Å². The summed E-state index contributed by atoms with van der Waals surface area (Å²) in [6.07, 6.45) is 0.376. The van der Waals surface area contributed by atoms with Crippen molar-refractivity contribution in [2.75, 3.05) is 12.4 Å². The van der Waals surface area contributed by atoms with Crippen LogP contribution in [0.2, 0.25) is 10.0 Å². The second-order valence-corrected chi connectivity index (χ2v) is 4.96. The van der Waals surface area contributed by atoms with Crippen LogP contribution in [0.4, 0.5) is 0 Å². The number of halogens is 2. The van der Waals surface area contributed by atoms with Gasteiger partial charge in [-0.2, -0.15) is 0 Å².